The van der Waals surface area contributed by atoms with Gasteiger partial charge in [0.1, 0.15) is 5.82 Å². The Morgan fingerprint density at radius 2 is 1.85 bits per heavy atom. The molecule has 146 valence electrons. The largest absolute Gasteiger partial charge is 0.329 e. The van der Waals surface area contributed by atoms with Gasteiger partial charge in [-0.05, 0) is 25.2 Å². The summed E-state index contributed by atoms with van der Waals surface area (Å²) in [5.74, 6) is 0.619. The molecule has 6 heteroatoms. The molecule has 0 aliphatic carbocycles. The standard InChI is InChI=1S/C21H32N6/c1-24(2)19-9-10-23-20-18(19)15-21(22,25(20)3)27-13-11-26(12-14-27)16-17-7-5-4-6-8-17/h4-8,10,19H,9,11-16,22H2,1-3H3. The van der Waals surface area contributed by atoms with E-state index in [-0.39, 0.29) is 0 Å². The minimum Gasteiger partial charge on any atom is -0.329 e. The second-order valence-corrected chi connectivity index (χ2v) is 8.24. The molecule has 1 fully saturated rings. The fraction of sp³-hybridized carbons (Fsp3) is 0.571. The Kier molecular flexibility index (Phi) is 5.07. The van der Waals surface area contributed by atoms with Crippen molar-refractivity contribution in [2.24, 2.45) is 10.7 Å². The first-order valence-corrected chi connectivity index (χ1v) is 9.95. The first-order valence-electron chi connectivity index (χ1n) is 9.95. The monoisotopic (exact) mass is 368 g/mol. The Morgan fingerprint density at radius 1 is 1.15 bits per heavy atom. The highest BCUT2D eigenvalue weighted by atomic mass is 15.5. The number of hydrogen-bond acceptors (Lipinski definition) is 6. The van der Waals surface area contributed by atoms with E-state index in [1.165, 1.54) is 11.1 Å². The van der Waals surface area contributed by atoms with Gasteiger partial charge in [-0.15, -0.1) is 0 Å². The van der Waals surface area contributed by atoms with Gasteiger partial charge in [-0.2, -0.15) is 0 Å². The van der Waals surface area contributed by atoms with E-state index < -0.39 is 5.79 Å². The molecule has 3 aliphatic rings. The Hall–Kier alpha value is -1.73. The average Bonchev–Trinajstić information content (AvgIpc) is 2.95. The third-order valence-electron chi connectivity index (χ3n) is 6.37. The molecule has 1 aromatic rings. The minimum absolute atomic E-state index is 0.407. The normalized spacial score (nSPS) is 29.7. The summed E-state index contributed by atoms with van der Waals surface area (Å²) in [4.78, 5) is 14.2. The van der Waals surface area contributed by atoms with Gasteiger partial charge in [0.15, 0.2) is 5.79 Å². The van der Waals surface area contributed by atoms with Crippen molar-refractivity contribution in [3.05, 3.63) is 47.3 Å². The molecule has 1 aromatic carbocycles. The molecule has 6 nitrogen and oxygen atoms in total. The van der Waals surface area contributed by atoms with Crippen LogP contribution >= 0.6 is 0 Å². The van der Waals surface area contributed by atoms with Crippen molar-refractivity contribution in [2.75, 3.05) is 47.3 Å². The van der Waals surface area contributed by atoms with Gasteiger partial charge < -0.3 is 9.80 Å². The summed E-state index contributed by atoms with van der Waals surface area (Å²) in [6, 6.07) is 11.1. The van der Waals surface area contributed by atoms with Crippen molar-refractivity contribution in [2.45, 2.75) is 31.2 Å². The fourth-order valence-electron chi connectivity index (χ4n) is 4.68. The van der Waals surface area contributed by atoms with Gasteiger partial charge in [-0.25, -0.2) is 4.99 Å². The van der Waals surface area contributed by atoms with Gasteiger partial charge in [0.2, 0.25) is 0 Å². The van der Waals surface area contributed by atoms with Crippen LogP contribution in [0.15, 0.2) is 46.7 Å². The van der Waals surface area contributed by atoms with E-state index in [0.29, 0.717) is 6.04 Å². The molecule has 4 rings (SSSR count). The molecule has 3 heterocycles. The second-order valence-electron chi connectivity index (χ2n) is 8.24. The van der Waals surface area contributed by atoms with Crippen LogP contribution < -0.4 is 5.73 Å². The molecule has 2 N–H and O–H groups in total. The number of nitrogens with zero attached hydrogens (tertiary/aromatic N) is 5. The third-order valence-corrected chi connectivity index (χ3v) is 6.37. The molecule has 0 radical (unpaired) electrons. The Morgan fingerprint density at radius 3 is 2.52 bits per heavy atom. The van der Waals surface area contributed by atoms with Crippen LogP contribution in [0.25, 0.3) is 0 Å². The maximum atomic E-state index is 7.00. The number of piperazine rings is 1. The minimum atomic E-state index is -0.459. The topological polar surface area (TPSA) is 51.3 Å². The Balaban J connectivity index is 1.42. The first-order chi connectivity index (χ1) is 13.0. The van der Waals surface area contributed by atoms with Crippen molar-refractivity contribution >= 4 is 6.21 Å². The van der Waals surface area contributed by atoms with E-state index in [4.69, 9.17) is 10.7 Å². The van der Waals surface area contributed by atoms with Crippen LogP contribution in [0.1, 0.15) is 18.4 Å². The van der Waals surface area contributed by atoms with Gasteiger partial charge in [-0.1, -0.05) is 30.3 Å². The van der Waals surface area contributed by atoms with E-state index in [0.717, 1.165) is 51.4 Å². The van der Waals surface area contributed by atoms with Crippen LogP contribution in [-0.2, 0) is 6.54 Å². The highest BCUT2D eigenvalue weighted by Gasteiger charge is 2.48. The summed E-state index contributed by atoms with van der Waals surface area (Å²) >= 11 is 0. The molecule has 0 aromatic heterocycles. The van der Waals surface area contributed by atoms with Gasteiger partial charge >= 0.3 is 0 Å². The second kappa shape index (κ2) is 7.36. The SMILES string of the molecule is CN(C)C1CC=NC2=C1CC(N)(N1CCN(Cc3ccccc3)CC1)N2C. The molecule has 27 heavy (non-hydrogen) atoms. The van der Waals surface area contributed by atoms with Crippen LogP contribution in [0.5, 0.6) is 0 Å². The summed E-state index contributed by atoms with van der Waals surface area (Å²) in [5.41, 5.74) is 9.77. The van der Waals surface area contributed by atoms with Gasteiger partial charge in [0, 0.05) is 64.9 Å². The lowest BCUT2D eigenvalue weighted by atomic mass is 9.97. The van der Waals surface area contributed by atoms with Crippen molar-refractivity contribution in [3.8, 4) is 0 Å². The summed E-state index contributed by atoms with van der Waals surface area (Å²) < 4.78 is 0. The number of rotatable bonds is 4. The van der Waals surface area contributed by atoms with E-state index in [2.05, 4.69) is 71.1 Å². The highest BCUT2D eigenvalue weighted by molar-refractivity contribution is 5.64. The van der Waals surface area contributed by atoms with E-state index in [9.17, 15) is 0 Å². The predicted octanol–water partition coefficient (Wildman–Crippen LogP) is 1.37. The number of nitrogens with two attached hydrogens (primary N) is 1. The van der Waals surface area contributed by atoms with Gasteiger partial charge in [-0.3, -0.25) is 15.5 Å². The fourth-order valence-corrected chi connectivity index (χ4v) is 4.68. The predicted molar refractivity (Wildman–Crippen MR) is 110 cm³/mol. The first kappa shape index (κ1) is 18.6. The van der Waals surface area contributed by atoms with E-state index >= 15 is 0 Å². The Labute approximate surface area is 162 Å². The number of aliphatic imine (C=N–C) groups is 1. The zero-order valence-corrected chi connectivity index (χ0v) is 16.8. The van der Waals surface area contributed by atoms with Gasteiger partial charge in [0.25, 0.3) is 0 Å². The maximum Gasteiger partial charge on any atom is 0.151 e. The molecule has 0 bridgehead atoms. The summed E-state index contributed by atoms with van der Waals surface area (Å²) in [6.45, 7) is 5.10. The lowest BCUT2D eigenvalue weighted by molar-refractivity contribution is -0.0386. The quantitative estimate of drug-likeness (QED) is 0.870. The van der Waals surface area contributed by atoms with Crippen LogP contribution in [0, 0.1) is 0 Å². The maximum absolute atomic E-state index is 7.00. The van der Waals surface area contributed by atoms with Crippen LogP contribution in [0.3, 0.4) is 0 Å². The average molecular weight is 369 g/mol. The smallest absolute Gasteiger partial charge is 0.151 e. The molecule has 2 unspecified atom stereocenters. The Bertz CT molecular complexity index is 719. The molecular weight excluding hydrogens is 336 g/mol. The number of hydrogen-bond donors (Lipinski definition) is 1. The third kappa shape index (κ3) is 3.43. The van der Waals surface area contributed by atoms with E-state index in [1.54, 1.807) is 0 Å². The van der Waals surface area contributed by atoms with Crippen LogP contribution in [0.4, 0.5) is 0 Å². The lowest BCUT2D eigenvalue weighted by Crippen LogP contribution is -2.67. The molecular formula is C21H32N6. The zero-order chi connectivity index (χ0) is 19.0. The van der Waals surface area contributed by atoms with Crippen molar-refractivity contribution in [1.82, 2.24) is 19.6 Å². The van der Waals surface area contributed by atoms with Crippen LogP contribution in [-0.4, -0.2) is 85.0 Å². The van der Waals surface area contributed by atoms with Crippen molar-refractivity contribution in [1.29, 1.82) is 0 Å². The van der Waals surface area contributed by atoms with Crippen molar-refractivity contribution < 1.29 is 0 Å². The molecule has 3 aliphatic heterocycles. The number of benzene rings is 1. The van der Waals surface area contributed by atoms with Crippen LogP contribution in [0.2, 0.25) is 0 Å². The van der Waals surface area contributed by atoms with Crippen molar-refractivity contribution in [3.63, 3.8) is 0 Å². The van der Waals surface area contributed by atoms with Gasteiger partial charge in [0.05, 0.1) is 0 Å². The number of likely N-dealkylation sites (N-methyl/N-ethyl adjacent to an activating group) is 1. The summed E-state index contributed by atoms with van der Waals surface area (Å²) in [6.07, 6.45) is 3.89. The lowest BCUT2D eigenvalue weighted by Gasteiger charge is -2.47. The highest BCUT2D eigenvalue weighted by Crippen LogP contribution is 2.40. The summed E-state index contributed by atoms with van der Waals surface area (Å²) in [7, 11) is 6.40. The molecule has 0 saturated carbocycles. The summed E-state index contributed by atoms with van der Waals surface area (Å²) in [5, 5.41) is 0. The molecule has 0 spiro atoms. The molecule has 2 atom stereocenters. The zero-order valence-electron chi connectivity index (χ0n) is 16.8. The molecule has 0 amide bonds. The molecule has 1 saturated heterocycles. The van der Waals surface area contributed by atoms with E-state index in [1.807, 2.05) is 6.21 Å².